The molecule has 1 aliphatic carbocycles. The Kier molecular flexibility index (Phi) is 5.80. The minimum atomic E-state index is -0.542. The molecule has 6 nitrogen and oxygen atoms in total. The topological polar surface area (TPSA) is 93.5 Å². The summed E-state index contributed by atoms with van der Waals surface area (Å²) in [5, 5.41) is 5.76. The van der Waals surface area contributed by atoms with Gasteiger partial charge in [0.2, 0.25) is 5.91 Å². The highest BCUT2D eigenvalue weighted by molar-refractivity contribution is 5.81. The number of carbonyl (C=O) groups excluding carboxylic acids is 2. The highest BCUT2D eigenvalue weighted by atomic mass is 16.6. The van der Waals surface area contributed by atoms with Crippen molar-refractivity contribution in [3.05, 3.63) is 0 Å². The second-order valence-electron chi connectivity index (χ2n) is 6.44. The first-order valence-electron chi connectivity index (χ1n) is 7.24. The number of hydrogen-bond donors (Lipinski definition) is 3. The first kappa shape index (κ1) is 16.8. The van der Waals surface area contributed by atoms with Crippen LogP contribution in [0.3, 0.4) is 0 Å². The van der Waals surface area contributed by atoms with Crippen LogP contribution < -0.4 is 16.4 Å². The highest BCUT2D eigenvalue weighted by Gasteiger charge is 2.29. The van der Waals surface area contributed by atoms with Crippen molar-refractivity contribution < 1.29 is 14.3 Å². The predicted molar refractivity (Wildman–Crippen MR) is 77.2 cm³/mol. The SMILES string of the molecule is C[C@H](N)C(=O)N[C@H]1CCCC[C@@H]1NC(=O)OC(C)(C)C. The van der Waals surface area contributed by atoms with Crippen molar-refractivity contribution in [3.8, 4) is 0 Å². The molecule has 1 fully saturated rings. The molecule has 1 saturated carbocycles. The molecule has 1 aliphatic rings. The van der Waals surface area contributed by atoms with Crippen LogP contribution in [0.1, 0.15) is 53.4 Å². The van der Waals surface area contributed by atoms with Gasteiger partial charge in [0, 0.05) is 6.04 Å². The molecule has 0 aromatic rings. The van der Waals surface area contributed by atoms with Crippen LogP contribution in [0.25, 0.3) is 0 Å². The molecule has 0 aromatic carbocycles. The average Bonchev–Trinajstić information content (AvgIpc) is 2.28. The Labute approximate surface area is 120 Å². The van der Waals surface area contributed by atoms with E-state index in [4.69, 9.17) is 10.5 Å². The fourth-order valence-electron chi connectivity index (χ4n) is 2.25. The van der Waals surface area contributed by atoms with Crippen molar-refractivity contribution in [1.29, 1.82) is 0 Å². The van der Waals surface area contributed by atoms with Gasteiger partial charge in [-0.05, 0) is 40.5 Å². The van der Waals surface area contributed by atoms with E-state index in [0.29, 0.717) is 0 Å². The van der Waals surface area contributed by atoms with Crippen LogP contribution >= 0.6 is 0 Å². The minimum absolute atomic E-state index is 0.0743. The third-order valence-corrected chi connectivity index (χ3v) is 3.21. The van der Waals surface area contributed by atoms with Crippen LogP contribution in [0.5, 0.6) is 0 Å². The molecule has 0 radical (unpaired) electrons. The van der Waals surface area contributed by atoms with Gasteiger partial charge in [-0.1, -0.05) is 12.8 Å². The van der Waals surface area contributed by atoms with Gasteiger partial charge in [-0.3, -0.25) is 4.79 Å². The molecule has 0 spiro atoms. The Balaban J connectivity index is 2.56. The average molecular weight is 285 g/mol. The van der Waals surface area contributed by atoms with Gasteiger partial charge in [0.15, 0.2) is 0 Å². The monoisotopic (exact) mass is 285 g/mol. The molecule has 1 rings (SSSR count). The van der Waals surface area contributed by atoms with Crippen LogP contribution in [0.2, 0.25) is 0 Å². The Hall–Kier alpha value is -1.30. The maximum Gasteiger partial charge on any atom is 0.407 e. The molecule has 0 unspecified atom stereocenters. The fourth-order valence-corrected chi connectivity index (χ4v) is 2.25. The zero-order valence-corrected chi connectivity index (χ0v) is 12.9. The first-order chi connectivity index (χ1) is 9.19. The summed E-state index contributed by atoms with van der Waals surface area (Å²) in [5.74, 6) is -0.187. The van der Waals surface area contributed by atoms with Gasteiger partial charge in [-0.25, -0.2) is 4.79 Å². The van der Waals surface area contributed by atoms with E-state index in [1.807, 2.05) is 20.8 Å². The molecule has 0 aliphatic heterocycles. The van der Waals surface area contributed by atoms with Crippen LogP contribution in [0.4, 0.5) is 4.79 Å². The second-order valence-corrected chi connectivity index (χ2v) is 6.44. The van der Waals surface area contributed by atoms with E-state index in [0.717, 1.165) is 25.7 Å². The zero-order chi connectivity index (χ0) is 15.3. The lowest BCUT2D eigenvalue weighted by molar-refractivity contribution is -0.123. The third-order valence-electron chi connectivity index (χ3n) is 3.21. The largest absolute Gasteiger partial charge is 0.444 e. The third kappa shape index (κ3) is 5.77. The van der Waals surface area contributed by atoms with Crippen molar-refractivity contribution in [2.45, 2.75) is 77.1 Å². The van der Waals surface area contributed by atoms with Gasteiger partial charge in [0.1, 0.15) is 5.60 Å². The number of nitrogens with one attached hydrogen (secondary N) is 2. The minimum Gasteiger partial charge on any atom is -0.444 e. The smallest absolute Gasteiger partial charge is 0.407 e. The van der Waals surface area contributed by atoms with Crippen LogP contribution in [0, 0.1) is 0 Å². The first-order valence-corrected chi connectivity index (χ1v) is 7.24. The molecular weight excluding hydrogens is 258 g/mol. The van der Waals surface area contributed by atoms with Crippen LogP contribution in [-0.2, 0) is 9.53 Å². The molecule has 0 aromatic heterocycles. The molecule has 20 heavy (non-hydrogen) atoms. The summed E-state index contributed by atoms with van der Waals surface area (Å²) in [5.41, 5.74) is 5.03. The van der Waals surface area contributed by atoms with Gasteiger partial charge in [-0.2, -0.15) is 0 Å². The maximum atomic E-state index is 11.8. The number of alkyl carbamates (subject to hydrolysis) is 1. The summed E-state index contributed by atoms with van der Waals surface area (Å²) in [6.07, 6.45) is 3.31. The number of ether oxygens (including phenoxy) is 1. The lowest BCUT2D eigenvalue weighted by Crippen LogP contribution is -2.56. The quantitative estimate of drug-likeness (QED) is 0.728. The Morgan fingerprint density at radius 3 is 2.10 bits per heavy atom. The molecule has 3 atom stereocenters. The van der Waals surface area contributed by atoms with Crippen molar-refractivity contribution in [1.82, 2.24) is 10.6 Å². The zero-order valence-electron chi connectivity index (χ0n) is 12.9. The number of rotatable bonds is 3. The predicted octanol–water partition coefficient (Wildman–Crippen LogP) is 1.29. The van der Waals surface area contributed by atoms with Crippen molar-refractivity contribution >= 4 is 12.0 Å². The maximum absolute atomic E-state index is 11.8. The summed E-state index contributed by atoms with van der Waals surface area (Å²) in [4.78, 5) is 23.5. The van der Waals surface area contributed by atoms with Gasteiger partial charge in [-0.15, -0.1) is 0 Å². The summed E-state index contributed by atoms with van der Waals surface area (Å²) in [6.45, 7) is 7.11. The summed E-state index contributed by atoms with van der Waals surface area (Å²) >= 11 is 0. The standard InChI is InChI=1S/C14H27N3O3/c1-9(15)12(18)16-10-7-5-6-8-11(10)17-13(19)20-14(2,3)4/h9-11H,5-8,15H2,1-4H3,(H,16,18)(H,17,19)/t9-,10-,11-/m0/s1. The van der Waals surface area contributed by atoms with E-state index >= 15 is 0 Å². The number of nitrogens with two attached hydrogens (primary N) is 1. The molecule has 0 heterocycles. The van der Waals surface area contributed by atoms with Crippen LogP contribution in [0.15, 0.2) is 0 Å². The molecule has 2 amide bonds. The second kappa shape index (κ2) is 6.92. The molecule has 4 N–H and O–H groups in total. The summed E-state index contributed by atoms with van der Waals surface area (Å²) < 4.78 is 5.25. The van der Waals surface area contributed by atoms with E-state index in [2.05, 4.69) is 10.6 Å². The van der Waals surface area contributed by atoms with E-state index in [1.54, 1.807) is 6.92 Å². The van der Waals surface area contributed by atoms with Gasteiger partial charge in [0.25, 0.3) is 0 Å². The van der Waals surface area contributed by atoms with Crippen molar-refractivity contribution in [3.63, 3.8) is 0 Å². The van der Waals surface area contributed by atoms with Crippen LogP contribution in [-0.4, -0.2) is 35.7 Å². The Morgan fingerprint density at radius 1 is 1.15 bits per heavy atom. The van der Waals surface area contributed by atoms with Crippen molar-refractivity contribution in [2.75, 3.05) is 0 Å². The fraction of sp³-hybridized carbons (Fsp3) is 0.857. The number of amides is 2. The van der Waals surface area contributed by atoms with E-state index < -0.39 is 17.7 Å². The number of hydrogen-bond acceptors (Lipinski definition) is 4. The lowest BCUT2D eigenvalue weighted by atomic mass is 9.90. The molecular formula is C14H27N3O3. The molecule has 6 heteroatoms. The normalized spacial score (nSPS) is 24.6. The summed E-state index contributed by atoms with van der Waals surface area (Å²) in [6, 6.07) is -0.713. The Bertz CT molecular complexity index is 350. The van der Waals surface area contributed by atoms with E-state index in [1.165, 1.54) is 0 Å². The van der Waals surface area contributed by atoms with Gasteiger partial charge < -0.3 is 21.1 Å². The van der Waals surface area contributed by atoms with Gasteiger partial charge >= 0.3 is 6.09 Å². The Morgan fingerprint density at radius 2 is 1.65 bits per heavy atom. The molecule has 0 bridgehead atoms. The molecule has 116 valence electrons. The van der Waals surface area contributed by atoms with E-state index in [-0.39, 0.29) is 18.0 Å². The lowest BCUT2D eigenvalue weighted by Gasteiger charge is -2.33. The number of carbonyl (C=O) groups is 2. The van der Waals surface area contributed by atoms with Gasteiger partial charge in [0.05, 0.1) is 12.1 Å². The van der Waals surface area contributed by atoms with E-state index in [9.17, 15) is 9.59 Å². The summed E-state index contributed by atoms with van der Waals surface area (Å²) in [7, 11) is 0. The molecule has 0 saturated heterocycles. The van der Waals surface area contributed by atoms with Crippen molar-refractivity contribution in [2.24, 2.45) is 5.73 Å². The highest BCUT2D eigenvalue weighted by Crippen LogP contribution is 2.19.